The molecule has 0 aliphatic heterocycles. The zero-order valence-electron chi connectivity index (χ0n) is 10.5. The van der Waals surface area contributed by atoms with Crippen LogP contribution in [0.1, 0.15) is 23.4 Å². The molecule has 0 saturated carbocycles. The summed E-state index contributed by atoms with van der Waals surface area (Å²) in [5, 5.41) is 1.61. The van der Waals surface area contributed by atoms with Gasteiger partial charge in [-0.3, -0.25) is 0 Å². The molecule has 0 amide bonds. The van der Waals surface area contributed by atoms with Gasteiger partial charge in [0.1, 0.15) is 0 Å². The third-order valence-corrected chi connectivity index (χ3v) is 5.40. The molecule has 19 heavy (non-hydrogen) atoms. The lowest BCUT2D eigenvalue weighted by Crippen LogP contribution is -2.26. The molecule has 1 unspecified atom stereocenters. The molecular weight excluding hydrogens is 280 g/mol. The Bertz CT molecular complexity index is 636. The van der Waals surface area contributed by atoms with Crippen LogP contribution in [-0.4, -0.2) is 8.42 Å². The number of benzene rings is 1. The highest BCUT2D eigenvalue weighted by Gasteiger charge is 2.19. The molecule has 4 nitrogen and oxygen atoms in total. The summed E-state index contributed by atoms with van der Waals surface area (Å²) in [7, 11) is -3.49. The molecule has 3 N–H and O–H groups in total. The van der Waals surface area contributed by atoms with E-state index in [1.54, 1.807) is 11.4 Å². The van der Waals surface area contributed by atoms with Gasteiger partial charge in [-0.25, -0.2) is 13.1 Å². The van der Waals surface area contributed by atoms with Gasteiger partial charge >= 0.3 is 0 Å². The van der Waals surface area contributed by atoms with Crippen LogP contribution in [0.4, 0.5) is 0 Å². The summed E-state index contributed by atoms with van der Waals surface area (Å²) >= 11 is 1.36. The van der Waals surface area contributed by atoms with Crippen LogP contribution in [0.5, 0.6) is 0 Å². The molecule has 102 valence electrons. The second-order valence-electron chi connectivity index (χ2n) is 4.21. The lowest BCUT2D eigenvalue weighted by Gasteiger charge is -2.13. The predicted octanol–water partition coefficient (Wildman–Crippen LogP) is 2.25. The van der Waals surface area contributed by atoms with Crippen molar-refractivity contribution < 1.29 is 8.42 Å². The van der Waals surface area contributed by atoms with Crippen LogP contribution in [0, 0.1) is 0 Å². The topological polar surface area (TPSA) is 72.2 Å². The van der Waals surface area contributed by atoms with E-state index in [9.17, 15) is 8.42 Å². The second-order valence-corrected chi connectivity index (χ2v) is 6.92. The minimum atomic E-state index is -3.49. The third kappa shape index (κ3) is 3.42. The first kappa shape index (κ1) is 14.2. The first-order valence-electron chi connectivity index (χ1n) is 5.87. The Hall–Kier alpha value is -1.21. The molecule has 1 aromatic heterocycles. The van der Waals surface area contributed by atoms with Gasteiger partial charge in [-0.2, -0.15) is 0 Å². The zero-order valence-corrected chi connectivity index (χ0v) is 12.2. The molecule has 0 fully saturated rings. The molecule has 1 atom stereocenters. The van der Waals surface area contributed by atoms with Crippen molar-refractivity contribution in [2.45, 2.75) is 24.4 Å². The minimum absolute atomic E-state index is 0.271. The molecule has 0 aliphatic carbocycles. The molecule has 0 saturated heterocycles. The van der Waals surface area contributed by atoms with Crippen LogP contribution in [-0.2, 0) is 16.6 Å². The molecule has 1 heterocycles. The van der Waals surface area contributed by atoms with Gasteiger partial charge in [0.2, 0.25) is 10.0 Å². The van der Waals surface area contributed by atoms with E-state index in [1.165, 1.54) is 11.3 Å². The van der Waals surface area contributed by atoms with Crippen LogP contribution in [0.25, 0.3) is 0 Å². The Kier molecular flexibility index (Phi) is 4.36. The first-order chi connectivity index (χ1) is 9.03. The standard InChI is InChI=1S/C13H16N2O2S2/c1-10(11-5-3-2-4-6-11)15-19(16,17)13-7-12(8-14)18-9-13/h2-7,9-10,15H,8,14H2,1H3. The van der Waals surface area contributed by atoms with Gasteiger partial charge in [-0.15, -0.1) is 11.3 Å². The maximum atomic E-state index is 12.2. The molecule has 2 aromatic rings. The summed E-state index contributed by atoms with van der Waals surface area (Å²) in [6.45, 7) is 2.18. The van der Waals surface area contributed by atoms with Gasteiger partial charge in [0.25, 0.3) is 0 Å². The summed E-state index contributed by atoms with van der Waals surface area (Å²) < 4.78 is 27.1. The fourth-order valence-corrected chi connectivity index (χ4v) is 4.11. The highest BCUT2D eigenvalue weighted by atomic mass is 32.2. The Morgan fingerprint density at radius 1 is 1.32 bits per heavy atom. The van der Waals surface area contributed by atoms with Crippen molar-refractivity contribution in [3.8, 4) is 0 Å². The highest BCUT2D eigenvalue weighted by Crippen LogP contribution is 2.21. The van der Waals surface area contributed by atoms with E-state index >= 15 is 0 Å². The summed E-state index contributed by atoms with van der Waals surface area (Å²) in [5.74, 6) is 0. The Balaban J connectivity index is 2.17. The van der Waals surface area contributed by atoms with Crippen molar-refractivity contribution in [2.24, 2.45) is 5.73 Å². The van der Waals surface area contributed by atoms with Crippen LogP contribution in [0.3, 0.4) is 0 Å². The maximum Gasteiger partial charge on any atom is 0.241 e. The highest BCUT2D eigenvalue weighted by molar-refractivity contribution is 7.89. The lowest BCUT2D eigenvalue weighted by molar-refractivity contribution is 0.567. The maximum absolute atomic E-state index is 12.2. The van der Waals surface area contributed by atoms with E-state index in [0.29, 0.717) is 6.54 Å². The zero-order chi connectivity index (χ0) is 13.9. The van der Waals surface area contributed by atoms with Gasteiger partial charge in [-0.1, -0.05) is 30.3 Å². The van der Waals surface area contributed by atoms with E-state index in [0.717, 1.165) is 10.4 Å². The van der Waals surface area contributed by atoms with Gasteiger partial charge in [-0.05, 0) is 18.6 Å². The van der Waals surface area contributed by atoms with E-state index in [1.807, 2.05) is 37.3 Å². The number of nitrogens with two attached hydrogens (primary N) is 1. The molecule has 1 aromatic carbocycles. The summed E-state index contributed by atoms with van der Waals surface area (Å²) in [5.41, 5.74) is 6.42. The number of hydrogen-bond donors (Lipinski definition) is 2. The summed E-state index contributed by atoms with van der Waals surface area (Å²) in [6, 6.07) is 10.8. The van der Waals surface area contributed by atoms with Crippen LogP contribution in [0.2, 0.25) is 0 Å². The molecule has 2 rings (SSSR count). The fourth-order valence-electron chi connectivity index (χ4n) is 1.72. The normalized spacial score (nSPS) is 13.4. The lowest BCUT2D eigenvalue weighted by atomic mass is 10.1. The second kappa shape index (κ2) is 5.83. The van der Waals surface area contributed by atoms with E-state index < -0.39 is 10.0 Å². The first-order valence-corrected chi connectivity index (χ1v) is 8.24. The molecule has 0 aliphatic rings. The third-order valence-electron chi connectivity index (χ3n) is 2.77. The van der Waals surface area contributed by atoms with Crippen molar-refractivity contribution in [1.29, 1.82) is 0 Å². The smallest absolute Gasteiger partial charge is 0.241 e. The Morgan fingerprint density at radius 2 is 2.00 bits per heavy atom. The van der Waals surface area contributed by atoms with Gasteiger partial charge in [0, 0.05) is 22.8 Å². The Labute approximate surface area is 117 Å². The largest absolute Gasteiger partial charge is 0.326 e. The van der Waals surface area contributed by atoms with E-state index in [2.05, 4.69) is 4.72 Å². The quantitative estimate of drug-likeness (QED) is 0.889. The SMILES string of the molecule is CC(NS(=O)(=O)c1csc(CN)c1)c1ccccc1. The minimum Gasteiger partial charge on any atom is -0.326 e. The average molecular weight is 296 g/mol. The van der Waals surface area contributed by atoms with Crippen molar-refractivity contribution >= 4 is 21.4 Å². The van der Waals surface area contributed by atoms with Crippen molar-refractivity contribution in [2.75, 3.05) is 0 Å². The Morgan fingerprint density at radius 3 is 2.58 bits per heavy atom. The molecule has 0 bridgehead atoms. The van der Waals surface area contributed by atoms with Crippen molar-refractivity contribution in [1.82, 2.24) is 4.72 Å². The van der Waals surface area contributed by atoms with E-state index in [-0.39, 0.29) is 10.9 Å². The number of rotatable bonds is 5. The summed E-state index contributed by atoms with van der Waals surface area (Å²) in [6.07, 6.45) is 0. The average Bonchev–Trinajstić information content (AvgIpc) is 2.89. The van der Waals surface area contributed by atoms with Gasteiger partial charge in [0.15, 0.2) is 0 Å². The van der Waals surface area contributed by atoms with Gasteiger partial charge < -0.3 is 5.73 Å². The van der Waals surface area contributed by atoms with Crippen LogP contribution in [0.15, 0.2) is 46.7 Å². The molecule has 0 radical (unpaired) electrons. The van der Waals surface area contributed by atoms with Gasteiger partial charge in [0.05, 0.1) is 4.90 Å². The summed E-state index contributed by atoms with van der Waals surface area (Å²) in [4.78, 5) is 1.13. The molecular formula is C13H16N2O2S2. The fraction of sp³-hybridized carbons (Fsp3) is 0.231. The van der Waals surface area contributed by atoms with Crippen LogP contribution >= 0.6 is 11.3 Å². The van der Waals surface area contributed by atoms with Crippen molar-refractivity contribution in [3.63, 3.8) is 0 Å². The number of sulfonamides is 1. The predicted molar refractivity (Wildman–Crippen MR) is 77.4 cm³/mol. The van der Waals surface area contributed by atoms with Crippen molar-refractivity contribution in [3.05, 3.63) is 52.2 Å². The molecule has 0 spiro atoms. The number of hydrogen-bond acceptors (Lipinski definition) is 4. The number of nitrogens with one attached hydrogen (secondary N) is 1. The molecule has 6 heteroatoms. The monoisotopic (exact) mass is 296 g/mol. The van der Waals surface area contributed by atoms with Crippen LogP contribution < -0.4 is 10.5 Å². The number of thiophene rings is 1. The van der Waals surface area contributed by atoms with E-state index in [4.69, 9.17) is 5.73 Å².